The molecule has 16 nitrogen and oxygen atoms in total. The molecule has 19 heteroatoms. The first-order chi connectivity index (χ1) is 27.2. The van der Waals surface area contributed by atoms with E-state index in [1.165, 1.54) is 38.2 Å². The standard InChI is InChI=1S/C38H39F2N3O13S/c1-20(16-41-29(45)19-43-31(47)6-7-32(43)48)56-34(51)10-5-24(44)28-14-22-27(57-28)15-26(53-3)38(35(22)39)55-12-4-11-54-37-25(52-2)13-21-17-42(18-23(21)36(37)40)30(46)8-9-33(49)50/h6-7,13-15,20H,4-5,8-12,16-19H2,1-3H3,(H,41,45)(H,49,50)/t20-/m0/s1. The second kappa shape index (κ2) is 18.7. The molecule has 1 aromatic heterocycles. The summed E-state index contributed by atoms with van der Waals surface area (Å²) in [5, 5.41) is 11.4. The van der Waals surface area contributed by atoms with E-state index in [1.54, 1.807) is 6.07 Å². The number of fused-ring (bicyclic) bond motifs is 2. The Morgan fingerprint density at radius 2 is 1.53 bits per heavy atom. The highest BCUT2D eigenvalue weighted by Crippen LogP contribution is 2.41. The van der Waals surface area contributed by atoms with E-state index in [-0.39, 0.29) is 104 Å². The van der Waals surface area contributed by atoms with Gasteiger partial charge in [-0.2, -0.15) is 0 Å². The molecule has 0 unspecified atom stereocenters. The molecule has 0 spiro atoms. The van der Waals surface area contributed by atoms with Crippen molar-refractivity contribution >= 4 is 62.8 Å². The van der Waals surface area contributed by atoms with Gasteiger partial charge >= 0.3 is 11.9 Å². The van der Waals surface area contributed by atoms with E-state index < -0.39 is 65.6 Å². The lowest BCUT2D eigenvalue weighted by atomic mass is 10.1. The Balaban J connectivity index is 1.10. The van der Waals surface area contributed by atoms with Crippen molar-refractivity contribution in [1.82, 2.24) is 15.1 Å². The number of rotatable bonds is 20. The quantitative estimate of drug-likeness (QED) is 0.0724. The summed E-state index contributed by atoms with van der Waals surface area (Å²) in [6.07, 6.45) is 0.433. The second-order valence-electron chi connectivity index (χ2n) is 12.9. The van der Waals surface area contributed by atoms with Crippen LogP contribution in [0.5, 0.6) is 23.0 Å². The Morgan fingerprint density at radius 3 is 2.18 bits per heavy atom. The minimum atomic E-state index is -1.11. The molecule has 2 aliphatic heterocycles. The second-order valence-corrected chi connectivity index (χ2v) is 14.0. The largest absolute Gasteiger partial charge is 0.493 e. The molecule has 0 aliphatic carbocycles. The Bertz CT molecular complexity index is 2120. The molecule has 304 valence electrons. The molecule has 3 aromatic rings. The number of benzene rings is 2. The molecule has 3 heterocycles. The van der Waals surface area contributed by atoms with E-state index in [4.69, 9.17) is 28.8 Å². The van der Waals surface area contributed by atoms with Crippen LogP contribution < -0.4 is 24.3 Å². The molecule has 2 N–H and O–H groups in total. The van der Waals surface area contributed by atoms with E-state index in [1.807, 2.05) is 0 Å². The van der Waals surface area contributed by atoms with Crippen LogP contribution in [-0.2, 0) is 46.6 Å². The number of esters is 1. The average molecular weight is 816 g/mol. The smallest absolute Gasteiger partial charge is 0.306 e. The van der Waals surface area contributed by atoms with Gasteiger partial charge in [-0.15, -0.1) is 11.3 Å². The number of thiophene rings is 1. The van der Waals surface area contributed by atoms with Crippen molar-refractivity contribution in [2.24, 2.45) is 0 Å². The Kier molecular flexibility index (Phi) is 13.8. The highest BCUT2D eigenvalue weighted by atomic mass is 32.1. The monoisotopic (exact) mass is 815 g/mol. The van der Waals surface area contributed by atoms with Crippen LogP contribution in [0.4, 0.5) is 8.78 Å². The molecule has 0 bridgehead atoms. The number of amides is 4. The van der Waals surface area contributed by atoms with Gasteiger partial charge in [0.15, 0.2) is 40.4 Å². The van der Waals surface area contributed by atoms with Gasteiger partial charge in [0.2, 0.25) is 11.8 Å². The molecule has 1 atom stereocenters. The lowest BCUT2D eigenvalue weighted by molar-refractivity contribution is -0.148. The van der Waals surface area contributed by atoms with Gasteiger partial charge in [0.1, 0.15) is 12.6 Å². The first-order valence-electron chi connectivity index (χ1n) is 17.7. The summed E-state index contributed by atoms with van der Waals surface area (Å²) in [6, 6.07) is 4.43. The fourth-order valence-electron chi connectivity index (χ4n) is 5.93. The fourth-order valence-corrected chi connectivity index (χ4v) is 6.99. The van der Waals surface area contributed by atoms with Crippen molar-refractivity contribution < 1.29 is 71.1 Å². The Labute approximate surface area is 328 Å². The zero-order chi connectivity index (χ0) is 41.4. The van der Waals surface area contributed by atoms with E-state index in [9.17, 15) is 33.6 Å². The Hall–Kier alpha value is -6.11. The number of hydrogen-bond donors (Lipinski definition) is 2. The topological polar surface area (TPSA) is 204 Å². The summed E-state index contributed by atoms with van der Waals surface area (Å²) in [5.74, 6) is -6.22. The maximum Gasteiger partial charge on any atom is 0.306 e. The number of hydrogen-bond acceptors (Lipinski definition) is 13. The van der Waals surface area contributed by atoms with Crippen LogP contribution in [0, 0.1) is 11.6 Å². The number of carbonyl (C=O) groups excluding carboxylic acids is 6. The minimum Gasteiger partial charge on any atom is -0.493 e. The van der Waals surface area contributed by atoms with Crippen LogP contribution in [0.15, 0.2) is 30.4 Å². The van der Waals surface area contributed by atoms with E-state index >= 15 is 8.78 Å². The third kappa shape index (κ3) is 10.2. The number of carbonyl (C=O) groups is 7. The zero-order valence-electron chi connectivity index (χ0n) is 31.1. The van der Waals surface area contributed by atoms with Crippen LogP contribution in [0.2, 0.25) is 0 Å². The maximum absolute atomic E-state index is 15.8. The molecule has 0 saturated carbocycles. The fraction of sp³-hybridized carbons (Fsp3) is 0.395. The Morgan fingerprint density at radius 1 is 0.877 bits per heavy atom. The zero-order valence-corrected chi connectivity index (χ0v) is 32.0. The molecule has 0 saturated heterocycles. The predicted octanol–water partition coefficient (Wildman–Crippen LogP) is 3.69. The van der Waals surface area contributed by atoms with Gasteiger partial charge in [-0.3, -0.25) is 38.5 Å². The number of ketones is 1. The molecule has 57 heavy (non-hydrogen) atoms. The molecule has 5 rings (SSSR count). The normalized spacial score (nSPS) is 13.8. The van der Waals surface area contributed by atoms with Gasteiger partial charge < -0.3 is 39.0 Å². The van der Waals surface area contributed by atoms with E-state index in [0.29, 0.717) is 10.3 Å². The first kappa shape index (κ1) is 42.0. The number of ether oxygens (including phenoxy) is 5. The van der Waals surface area contributed by atoms with Crippen molar-refractivity contribution in [2.45, 2.75) is 58.2 Å². The number of carboxylic acids is 1. The van der Waals surface area contributed by atoms with Crippen LogP contribution in [-0.4, -0.2) is 103 Å². The first-order valence-corrected chi connectivity index (χ1v) is 18.5. The lowest BCUT2D eigenvalue weighted by Crippen LogP contribution is -2.42. The molecular weight excluding hydrogens is 776 g/mol. The number of nitrogens with one attached hydrogen (secondary N) is 1. The third-order valence-corrected chi connectivity index (χ3v) is 9.98. The number of carboxylic acid groups (broad SMARTS) is 1. The number of halogens is 2. The van der Waals surface area contributed by atoms with Crippen LogP contribution in [0.3, 0.4) is 0 Å². The van der Waals surface area contributed by atoms with E-state index in [0.717, 1.165) is 28.4 Å². The number of Topliss-reactive ketones (excluding diaryl/α,β-unsaturated/α-hetero) is 1. The number of methoxy groups -OCH3 is 2. The number of aliphatic carboxylic acids is 1. The summed E-state index contributed by atoms with van der Waals surface area (Å²) in [6.45, 7) is 0.851. The summed E-state index contributed by atoms with van der Waals surface area (Å²) in [7, 11) is 2.66. The van der Waals surface area contributed by atoms with Gasteiger partial charge in [0.05, 0.1) is 51.7 Å². The van der Waals surface area contributed by atoms with E-state index in [2.05, 4.69) is 5.32 Å². The molecule has 4 amide bonds. The minimum absolute atomic E-state index is 0.0512. The van der Waals surface area contributed by atoms with Gasteiger partial charge in [-0.25, -0.2) is 8.78 Å². The SMILES string of the molecule is COc1cc2c(c(F)c1OCCCOc1c(OC)cc3sc(C(=O)CCC(=O)O[C@@H](C)CNC(=O)CN4C(=O)C=CC4=O)cc3c1F)CN(C(=O)CCC(=O)O)C2. The van der Waals surface area contributed by atoms with Crippen molar-refractivity contribution in [1.29, 1.82) is 0 Å². The molecule has 2 aliphatic rings. The van der Waals surface area contributed by atoms with Crippen molar-refractivity contribution in [3.05, 3.63) is 58.0 Å². The van der Waals surface area contributed by atoms with Crippen LogP contribution in [0.25, 0.3) is 10.1 Å². The molecular formula is C38H39F2N3O13S. The maximum atomic E-state index is 15.8. The van der Waals surface area contributed by atoms with Crippen molar-refractivity contribution in [3.8, 4) is 23.0 Å². The van der Waals surface area contributed by atoms with Crippen molar-refractivity contribution in [3.63, 3.8) is 0 Å². The van der Waals surface area contributed by atoms with Crippen LogP contribution in [0.1, 0.15) is 59.8 Å². The van der Waals surface area contributed by atoms with Crippen LogP contribution >= 0.6 is 11.3 Å². The van der Waals surface area contributed by atoms with Gasteiger partial charge in [0.25, 0.3) is 11.8 Å². The number of nitrogens with zero attached hydrogens (tertiary/aromatic N) is 2. The summed E-state index contributed by atoms with van der Waals surface area (Å²) in [4.78, 5) is 86.3. The van der Waals surface area contributed by atoms with Gasteiger partial charge in [-0.1, -0.05) is 0 Å². The highest BCUT2D eigenvalue weighted by Gasteiger charge is 2.31. The van der Waals surface area contributed by atoms with Gasteiger partial charge in [-0.05, 0) is 24.6 Å². The van der Waals surface area contributed by atoms with Gasteiger partial charge in [0, 0.05) is 66.2 Å². The summed E-state index contributed by atoms with van der Waals surface area (Å²) < 4.78 is 59.0. The highest BCUT2D eigenvalue weighted by molar-refractivity contribution is 7.20. The average Bonchev–Trinajstić information content (AvgIpc) is 3.90. The predicted molar refractivity (Wildman–Crippen MR) is 196 cm³/mol. The molecule has 0 radical (unpaired) electrons. The summed E-state index contributed by atoms with van der Waals surface area (Å²) >= 11 is 1.00. The summed E-state index contributed by atoms with van der Waals surface area (Å²) in [5.41, 5.74) is 0.751. The molecule has 2 aromatic carbocycles. The number of imide groups is 1. The van der Waals surface area contributed by atoms with Crippen molar-refractivity contribution in [2.75, 3.05) is 40.5 Å². The third-order valence-electron chi connectivity index (χ3n) is 8.85. The molecule has 0 fully saturated rings. The lowest BCUT2D eigenvalue weighted by Gasteiger charge is -2.16.